The van der Waals surface area contributed by atoms with Crippen LogP contribution in [0.4, 0.5) is 4.39 Å². The van der Waals surface area contributed by atoms with Gasteiger partial charge in [-0.25, -0.2) is 4.39 Å². The highest BCUT2D eigenvalue weighted by atomic mass is 19.1. The molecule has 0 aliphatic heterocycles. The van der Waals surface area contributed by atoms with Crippen LogP contribution in [0.25, 0.3) is 0 Å². The molecular formula is C17H19FN2O4. The van der Waals surface area contributed by atoms with E-state index < -0.39 is 11.7 Å². The topological polar surface area (TPSA) is 69.6 Å². The van der Waals surface area contributed by atoms with Crippen LogP contribution in [0, 0.1) is 12.7 Å². The van der Waals surface area contributed by atoms with Gasteiger partial charge in [-0.05, 0) is 25.1 Å². The normalized spacial score (nSPS) is 10.3. The van der Waals surface area contributed by atoms with E-state index in [1.54, 1.807) is 19.1 Å². The molecule has 1 amide bonds. The Morgan fingerprint density at radius 1 is 1.29 bits per heavy atom. The zero-order valence-electron chi connectivity index (χ0n) is 13.5. The van der Waals surface area contributed by atoms with Crippen LogP contribution in [-0.4, -0.2) is 30.7 Å². The molecule has 0 aliphatic carbocycles. The summed E-state index contributed by atoms with van der Waals surface area (Å²) in [5.74, 6) is -0.394. The van der Waals surface area contributed by atoms with Crippen molar-refractivity contribution in [3.8, 4) is 11.5 Å². The number of aryl methyl sites for hydroxylation is 1. The van der Waals surface area contributed by atoms with E-state index in [-0.39, 0.29) is 24.5 Å². The van der Waals surface area contributed by atoms with Gasteiger partial charge in [0.15, 0.2) is 18.2 Å². The van der Waals surface area contributed by atoms with Crippen molar-refractivity contribution >= 4 is 5.91 Å². The molecule has 2 aromatic rings. The molecule has 6 nitrogen and oxygen atoms in total. The minimum Gasteiger partial charge on any atom is -0.496 e. The first-order valence-electron chi connectivity index (χ1n) is 7.41. The summed E-state index contributed by atoms with van der Waals surface area (Å²) in [5.41, 5.74) is 0.528. The number of pyridine rings is 1. The first kappa shape index (κ1) is 17.5. The van der Waals surface area contributed by atoms with E-state index in [0.29, 0.717) is 12.3 Å². The molecule has 0 fully saturated rings. The maximum absolute atomic E-state index is 13.4. The quantitative estimate of drug-likeness (QED) is 0.833. The van der Waals surface area contributed by atoms with Crippen LogP contribution >= 0.6 is 0 Å². The molecule has 0 spiro atoms. The van der Waals surface area contributed by atoms with Crippen molar-refractivity contribution in [2.75, 3.05) is 20.3 Å². The molecule has 1 aromatic carbocycles. The van der Waals surface area contributed by atoms with Crippen LogP contribution in [0.15, 0.2) is 41.2 Å². The van der Waals surface area contributed by atoms with E-state index in [9.17, 15) is 14.0 Å². The lowest BCUT2D eigenvalue weighted by Crippen LogP contribution is -2.34. The van der Waals surface area contributed by atoms with Crippen molar-refractivity contribution in [1.29, 1.82) is 0 Å². The van der Waals surface area contributed by atoms with Gasteiger partial charge in [0.05, 0.1) is 7.11 Å². The number of hydrogen-bond donors (Lipinski definition) is 1. The van der Waals surface area contributed by atoms with E-state index in [2.05, 4.69) is 5.32 Å². The van der Waals surface area contributed by atoms with Crippen LogP contribution in [0.3, 0.4) is 0 Å². The molecular weight excluding hydrogens is 315 g/mol. The van der Waals surface area contributed by atoms with E-state index in [0.717, 1.165) is 5.69 Å². The monoisotopic (exact) mass is 334 g/mol. The fourth-order valence-electron chi connectivity index (χ4n) is 2.17. The lowest BCUT2D eigenvalue weighted by atomic mass is 10.3. The predicted octanol–water partition coefficient (Wildman–Crippen LogP) is 1.50. The van der Waals surface area contributed by atoms with Crippen LogP contribution in [0.1, 0.15) is 5.69 Å². The van der Waals surface area contributed by atoms with E-state index in [1.165, 1.54) is 35.9 Å². The number of aromatic nitrogens is 1. The van der Waals surface area contributed by atoms with Crippen molar-refractivity contribution in [2.45, 2.75) is 13.5 Å². The zero-order chi connectivity index (χ0) is 17.5. The van der Waals surface area contributed by atoms with Crippen LogP contribution in [0.5, 0.6) is 11.5 Å². The number of carbonyl (C=O) groups is 1. The van der Waals surface area contributed by atoms with Crippen molar-refractivity contribution < 1.29 is 18.7 Å². The number of ether oxygens (including phenoxy) is 2. The summed E-state index contributed by atoms with van der Waals surface area (Å²) in [6.07, 6.45) is 0. The average Bonchev–Trinajstić information content (AvgIpc) is 2.56. The Hall–Kier alpha value is -2.83. The highest BCUT2D eigenvalue weighted by molar-refractivity contribution is 5.77. The third-order valence-corrected chi connectivity index (χ3v) is 3.40. The van der Waals surface area contributed by atoms with Gasteiger partial charge < -0.3 is 19.4 Å². The van der Waals surface area contributed by atoms with Crippen LogP contribution < -0.4 is 20.3 Å². The Balaban J connectivity index is 1.83. The number of rotatable bonds is 7. The van der Waals surface area contributed by atoms with Crippen molar-refractivity contribution in [1.82, 2.24) is 9.88 Å². The molecule has 1 N–H and O–H groups in total. The molecule has 0 bridgehead atoms. The molecule has 0 atom stereocenters. The Morgan fingerprint density at radius 2 is 2.04 bits per heavy atom. The molecule has 0 saturated heterocycles. The first-order valence-corrected chi connectivity index (χ1v) is 7.41. The maximum atomic E-state index is 13.4. The lowest BCUT2D eigenvalue weighted by Gasteiger charge is -2.12. The summed E-state index contributed by atoms with van der Waals surface area (Å²) in [5, 5.41) is 2.63. The summed E-state index contributed by atoms with van der Waals surface area (Å²) < 4.78 is 25.0. The number of hydrogen-bond acceptors (Lipinski definition) is 4. The maximum Gasteiger partial charge on any atom is 0.258 e. The molecule has 0 unspecified atom stereocenters. The molecule has 128 valence electrons. The van der Waals surface area contributed by atoms with Crippen molar-refractivity contribution in [2.24, 2.45) is 0 Å². The Labute approximate surface area is 138 Å². The largest absolute Gasteiger partial charge is 0.496 e. The van der Waals surface area contributed by atoms with Crippen LogP contribution in [-0.2, 0) is 11.3 Å². The summed E-state index contributed by atoms with van der Waals surface area (Å²) in [6, 6.07) is 8.99. The van der Waals surface area contributed by atoms with Gasteiger partial charge in [0.1, 0.15) is 5.75 Å². The van der Waals surface area contributed by atoms with Gasteiger partial charge in [-0.1, -0.05) is 12.1 Å². The van der Waals surface area contributed by atoms with Crippen LogP contribution in [0.2, 0.25) is 0 Å². The smallest absolute Gasteiger partial charge is 0.258 e. The molecule has 1 aromatic heterocycles. The SMILES string of the molecule is COc1cc(C)n(CCNC(=O)COc2ccccc2F)c(=O)c1. The van der Waals surface area contributed by atoms with Gasteiger partial charge in [0, 0.05) is 24.8 Å². The number of nitrogens with one attached hydrogen (secondary N) is 1. The summed E-state index contributed by atoms with van der Waals surface area (Å²) in [6.45, 7) is 2.07. The molecule has 0 saturated carbocycles. The third-order valence-electron chi connectivity index (χ3n) is 3.40. The highest BCUT2D eigenvalue weighted by Gasteiger charge is 2.07. The highest BCUT2D eigenvalue weighted by Crippen LogP contribution is 2.14. The minimum atomic E-state index is -0.522. The second-order valence-electron chi connectivity index (χ2n) is 5.10. The standard InChI is InChI=1S/C17H19FN2O4/c1-12-9-13(23-2)10-17(22)20(12)8-7-19-16(21)11-24-15-6-4-3-5-14(15)18/h3-6,9-10H,7-8,11H2,1-2H3,(H,19,21). The Bertz CT molecular complexity index is 773. The predicted molar refractivity (Wildman–Crippen MR) is 86.9 cm³/mol. The minimum absolute atomic E-state index is 0.0230. The summed E-state index contributed by atoms with van der Waals surface area (Å²) >= 11 is 0. The first-order chi connectivity index (χ1) is 11.5. The molecule has 7 heteroatoms. The van der Waals surface area contributed by atoms with Gasteiger partial charge in [-0.3, -0.25) is 9.59 Å². The van der Waals surface area contributed by atoms with Crippen molar-refractivity contribution in [3.05, 3.63) is 58.3 Å². The number of para-hydroxylation sites is 1. The van der Waals surface area contributed by atoms with Gasteiger partial charge in [0.25, 0.3) is 11.5 Å². The summed E-state index contributed by atoms with van der Waals surface area (Å²) in [7, 11) is 1.49. The van der Waals surface area contributed by atoms with Gasteiger partial charge in [-0.15, -0.1) is 0 Å². The molecule has 1 heterocycles. The Kier molecular flexibility index (Phi) is 5.95. The average molecular weight is 334 g/mol. The van der Waals surface area contributed by atoms with Gasteiger partial charge >= 0.3 is 0 Å². The number of methoxy groups -OCH3 is 1. The Morgan fingerprint density at radius 3 is 2.71 bits per heavy atom. The van der Waals surface area contributed by atoms with E-state index in [4.69, 9.17) is 9.47 Å². The zero-order valence-corrected chi connectivity index (χ0v) is 13.5. The lowest BCUT2D eigenvalue weighted by molar-refractivity contribution is -0.123. The molecule has 0 aliphatic rings. The fraction of sp³-hybridized carbons (Fsp3) is 0.294. The molecule has 0 radical (unpaired) electrons. The second-order valence-corrected chi connectivity index (χ2v) is 5.10. The summed E-state index contributed by atoms with van der Waals surface area (Å²) in [4.78, 5) is 23.7. The van der Waals surface area contributed by atoms with Crippen molar-refractivity contribution in [3.63, 3.8) is 0 Å². The van der Waals surface area contributed by atoms with E-state index >= 15 is 0 Å². The molecule has 2 rings (SSSR count). The van der Waals surface area contributed by atoms with Gasteiger partial charge in [-0.2, -0.15) is 0 Å². The second kappa shape index (κ2) is 8.14. The number of amides is 1. The van der Waals surface area contributed by atoms with E-state index in [1.807, 2.05) is 0 Å². The number of halogens is 1. The number of carbonyl (C=O) groups excluding carboxylic acids is 1. The number of benzene rings is 1. The van der Waals surface area contributed by atoms with Gasteiger partial charge in [0.2, 0.25) is 0 Å². The third kappa shape index (κ3) is 4.58. The fourth-order valence-corrected chi connectivity index (χ4v) is 2.17. The number of nitrogens with zero attached hydrogens (tertiary/aromatic N) is 1. The molecule has 24 heavy (non-hydrogen) atoms.